The first kappa shape index (κ1) is 10.9. The third kappa shape index (κ3) is 2.23. The summed E-state index contributed by atoms with van der Waals surface area (Å²) in [6.45, 7) is 0. The topological polar surface area (TPSA) is 77.8 Å². The van der Waals surface area contributed by atoms with E-state index < -0.39 is 6.04 Å². The molecule has 0 spiro atoms. The van der Waals surface area contributed by atoms with Crippen LogP contribution in [0.4, 0.5) is 0 Å². The molecule has 88 valence electrons. The van der Waals surface area contributed by atoms with Crippen molar-refractivity contribution in [2.75, 3.05) is 0 Å². The van der Waals surface area contributed by atoms with Gasteiger partial charge in [0.2, 0.25) is 5.89 Å². The van der Waals surface area contributed by atoms with Crippen molar-refractivity contribution >= 4 is 15.9 Å². The maximum Gasteiger partial charge on any atom is 0.229 e. The van der Waals surface area contributed by atoms with E-state index >= 15 is 0 Å². The van der Waals surface area contributed by atoms with E-state index in [1.807, 2.05) is 6.07 Å². The molecule has 0 amide bonds. The molecular formula is C11H11BrN4O. The highest BCUT2D eigenvalue weighted by Gasteiger charge is 2.30. The number of pyridine rings is 1. The van der Waals surface area contributed by atoms with E-state index in [0.717, 1.165) is 22.9 Å². The number of halogens is 1. The van der Waals surface area contributed by atoms with Gasteiger partial charge in [0.15, 0.2) is 5.82 Å². The zero-order valence-electron chi connectivity index (χ0n) is 9.01. The summed E-state index contributed by atoms with van der Waals surface area (Å²) in [7, 11) is 0. The van der Waals surface area contributed by atoms with Gasteiger partial charge in [0.25, 0.3) is 0 Å². The molecule has 2 heterocycles. The number of hydrogen-bond donors (Lipinski definition) is 1. The molecule has 1 unspecified atom stereocenters. The zero-order valence-corrected chi connectivity index (χ0v) is 10.6. The normalized spacial score (nSPS) is 17.1. The Balaban J connectivity index is 1.86. The van der Waals surface area contributed by atoms with Crippen LogP contribution >= 0.6 is 15.9 Å². The first-order valence-electron chi connectivity index (χ1n) is 5.43. The fraction of sp³-hybridized carbons (Fsp3) is 0.364. The maximum atomic E-state index is 6.07. The Morgan fingerprint density at radius 1 is 1.41 bits per heavy atom. The van der Waals surface area contributed by atoms with Gasteiger partial charge in [-0.3, -0.25) is 4.98 Å². The van der Waals surface area contributed by atoms with Crippen molar-refractivity contribution in [1.82, 2.24) is 15.1 Å². The van der Waals surface area contributed by atoms with E-state index in [1.165, 1.54) is 0 Å². The summed E-state index contributed by atoms with van der Waals surface area (Å²) < 4.78 is 6.07. The second-order valence-corrected chi connectivity index (χ2v) is 5.09. The van der Waals surface area contributed by atoms with Crippen molar-refractivity contribution in [2.45, 2.75) is 24.8 Å². The van der Waals surface area contributed by atoms with Crippen LogP contribution < -0.4 is 5.73 Å². The lowest BCUT2D eigenvalue weighted by atomic mass is 10.1. The van der Waals surface area contributed by atoms with Crippen LogP contribution in [0, 0.1) is 0 Å². The predicted molar refractivity (Wildman–Crippen MR) is 64.2 cm³/mol. The van der Waals surface area contributed by atoms with Crippen molar-refractivity contribution in [3.63, 3.8) is 0 Å². The Morgan fingerprint density at radius 2 is 2.24 bits per heavy atom. The van der Waals surface area contributed by atoms with Crippen LogP contribution in [0.2, 0.25) is 0 Å². The van der Waals surface area contributed by atoms with Gasteiger partial charge in [0, 0.05) is 22.8 Å². The van der Waals surface area contributed by atoms with Gasteiger partial charge in [-0.25, -0.2) is 0 Å². The second kappa shape index (κ2) is 4.19. The number of rotatable bonds is 3. The molecule has 3 rings (SSSR count). The predicted octanol–water partition coefficient (Wildman–Crippen LogP) is 2.15. The Bertz CT molecular complexity index is 538. The second-order valence-electron chi connectivity index (χ2n) is 4.18. The molecule has 1 aliphatic carbocycles. The lowest BCUT2D eigenvalue weighted by Gasteiger charge is -2.06. The lowest BCUT2D eigenvalue weighted by Crippen LogP contribution is -2.13. The van der Waals surface area contributed by atoms with Crippen LogP contribution in [-0.2, 0) is 0 Å². The molecule has 0 aliphatic heterocycles. The number of aromatic nitrogens is 3. The summed E-state index contributed by atoms with van der Waals surface area (Å²) in [4.78, 5) is 8.40. The molecule has 17 heavy (non-hydrogen) atoms. The minimum absolute atomic E-state index is 0.392. The molecule has 2 aromatic heterocycles. The van der Waals surface area contributed by atoms with E-state index in [4.69, 9.17) is 10.3 Å². The summed E-state index contributed by atoms with van der Waals surface area (Å²) >= 11 is 3.36. The van der Waals surface area contributed by atoms with Crippen molar-refractivity contribution in [2.24, 2.45) is 5.73 Å². The van der Waals surface area contributed by atoms with Crippen molar-refractivity contribution < 1.29 is 4.52 Å². The number of nitrogens with two attached hydrogens (primary N) is 1. The molecule has 0 aromatic carbocycles. The summed E-state index contributed by atoms with van der Waals surface area (Å²) in [6, 6.07) is 1.52. The summed E-state index contributed by atoms with van der Waals surface area (Å²) in [6.07, 6.45) is 5.69. The van der Waals surface area contributed by atoms with Crippen molar-refractivity contribution in [3.8, 4) is 0 Å². The average molecular weight is 295 g/mol. The molecule has 1 atom stereocenters. The van der Waals surface area contributed by atoms with E-state index in [9.17, 15) is 0 Å². The highest BCUT2D eigenvalue weighted by atomic mass is 79.9. The highest BCUT2D eigenvalue weighted by molar-refractivity contribution is 9.10. The Kier molecular flexibility index (Phi) is 2.68. The van der Waals surface area contributed by atoms with Crippen LogP contribution in [0.5, 0.6) is 0 Å². The van der Waals surface area contributed by atoms with Gasteiger partial charge in [0.1, 0.15) is 0 Å². The summed E-state index contributed by atoms with van der Waals surface area (Å²) in [5, 5.41) is 3.93. The van der Waals surface area contributed by atoms with Crippen LogP contribution in [0.3, 0.4) is 0 Å². The minimum Gasteiger partial charge on any atom is -0.339 e. The molecule has 6 heteroatoms. The van der Waals surface area contributed by atoms with Crippen LogP contribution in [0.1, 0.15) is 42.1 Å². The lowest BCUT2D eigenvalue weighted by molar-refractivity contribution is 0.372. The third-order valence-electron chi connectivity index (χ3n) is 2.75. The molecule has 2 N–H and O–H groups in total. The van der Waals surface area contributed by atoms with Gasteiger partial charge in [-0.05, 0) is 40.4 Å². The quantitative estimate of drug-likeness (QED) is 0.938. The van der Waals surface area contributed by atoms with Gasteiger partial charge < -0.3 is 10.3 Å². The molecule has 0 bridgehead atoms. The maximum absolute atomic E-state index is 6.07. The fourth-order valence-electron chi connectivity index (χ4n) is 1.62. The standard InChI is InChI=1S/C11H11BrN4O/c12-8-3-7(4-14-5-8)9(13)10-15-11(17-16-10)6-1-2-6/h3-6,9H,1-2,13H2. The largest absolute Gasteiger partial charge is 0.339 e. The van der Waals surface area contributed by atoms with Gasteiger partial charge >= 0.3 is 0 Å². The number of nitrogens with zero attached hydrogens (tertiary/aromatic N) is 3. The molecule has 0 saturated heterocycles. The van der Waals surface area contributed by atoms with E-state index in [-0.39, 0.29) is 0 Å². The van der Waals surface area contributed by atoms with E-state index in [0.29, 0.717) is 17.6 Å². The van der Waals surface area contributed by atoms with Gasteiger partial charge in [0.05, 0.1) is 6.04 Å². The first-order chi connectivity index (χ1) is 8.24. The van der Waals surface area contributed by atoms with Crippen LogP contribution in [0.15, 0.2) is 27.5 Å². The third-order valence-corrected chi connectivity index (χ3v) is 3.18. The van der Waals surface area contributed by atoms with Crippen LogP contribution in [0.25, 0.3) is 0 Å². The molecule has 1 fully saturated rings. The molecule has 1 aliphatic rings. The van der Waals surface area contributed by atoms with E-state index in [2.05, 4.69) is 31.1 Å². The summed E-state index contributed by atoms with van der Waals surface area (Å²) in [5.41, 5.74) is 6.94. The number of hydrogen-bond acceptors (Lipinski definition) is 5. The molecule has 0 radical (unpaired) electrons. The average Bonchev–Trinajstić information content (AvgIpc) is 3.07. The molecule has 2 aromatic rings. The summed E-state index contributed by atoms with van der Waals surface area (Å²) in [5.74, 6) is 1.68. The smallest absolute Gasteiger partial charge is 0.229 e. The highest BCUT2D eigenvalue weighted by Crippen LogP contribution is 2.39. The minimum atomic E-state index is -0.392. The van der Waals surface area contributed by atoms with Gasteiger partial charge in [-0.1, -0.05) is 5.16 Å². The van der Waals surface area contributed by atoms with Gasteiger partial charge in [-0.15, -0.1) is 0 Å². The Hall–Kier alpha value is -1.27. The SMILES string of the molecule is NC(c1cncc(Br)c1)c1noc(C2CC2)n1. The fourth-order valence-corrected chi connectivity index (χ4v) is 2.00. The zero-order chi connectivity index (χ0) is 11.8. The van der Waals surface area contributed by atoms with Crippen molar-refractivity contribution in [3.05, 3.63) is 40.2 Å². The van der Waals surface area contributed by atoms with E-state index in [1.54, 1.807) is 12.4 Å². The Labute approximate surface area is 107 Å². The first-order valence-corrected chi connectivity index (χ1v) is 6.23. The molecule has 5 nitrogen and oxygen atoms in total. The van der Waals surface area contributed by atoms with Gasteiger partial charge in [-0.2, -0.15) is 4.98 Å². The van der Waals surface area contributed by atoms with Crippen molar-refractivity contribution in [1.29, 1.82) is 0 Å². The molecular weight excluding hydrogens is 284 g/mol. The Morgan fingerprint density at radius 3 is 2.94 bits per heavy atom. The molecule has 1 saturated carbocycles. The van der Waals surface area contributed by atoms with Crippen LogP contribution in [-0.4, -0.2) is 15.1 Å². The monoisotopic (exact) mass is 294 g/mol.